The first kappa shape index (κ1) is 12.1. The Bertz CT molecular complexity index is 547. The van der Waals surface area contributed by atoms with Gasteiger partial charge in [-0.2, -0.15) is 0 Å². The lowest BCUT2D eigenvalue weighted by atomic mass is 10.0. The summed E-state index contributed by atoms with van der Waals surface area (Å²) < 4.78 is 0. The van der Waals surface area contributed by atoms with E-state index in [9.17, 15) is 4.79 Å². The largest absolute Gasteiger partial charge is 0.360 e. The highest BCUT2D eigenvalue weighted by Crippen LogP contribution is 2.25. The summed E-state index contributed by atoms with van der Waals surface area (Å²) in [6.45, 7) is 1.60. The van der Waals surface area contributed by atoms with E-state index in [0.717, 1.165) is 16.5 Å². The molecule has 17 heavy (non-hydrogen) atoms. The van der Waals surface area contributed by atoms with Crippen molar-refractivity contribution in [2.24, 2.45) is 0 Å². The summed E-state index contributed by atoms with van der Waals surface area (Å²) in [5, 5.41) is 4.81. The van der Waals surface area contributed by atoms with Gasteiger partial charge in [-0.05, 0) is 32.0 Å². The van der Waals surface area contributed by atoms with Gasteiger partial charge in [0.05, 0.1) is 16.6 Å². The van der Waals surface area contributed by atoms with Gasteiger partial charge in [0.1, 0.15) is 5.78 Å². The van der Waals surface area contributed by atoms with Crippen molar-refractivity contribution >= 4 is 28.3 Å². The molecule has 0 unspecified atom stereocenters. The van der Waals surface area contributed by atoms with Crippen molar-refractivity contribution in [3.63, 3.8) is 0 Å². The van der Waals surface area contributed by atoms with Crippen LogP contribution in [0.1, 0.15) is 12.5 Å². The van der Waals surface area contributed by atoms with Gasteiger partial charge >= 0.3 is 0 Å². The molecule has 0 aliphatic heterocycles. The first-order valence-corrected chi connectivity index (χ1v) is 5.93. The molecule has 1 heterocycles. The van der Waals surface area contributed by atoms with Gasteiger partial charge in [0, 0.05) is 11.6 Å². The fourth-order valence-corrected chi connectivity index (χ4v) is 2.24. The predicted octanol–water partition coefficient (Wildman–Crippen LogP) is 2.54. The zero-order valence-corrected chi connectivity index (χ0v) is 10.6. The van der Waals surface area contributed by atoms with Crippen LogP contribution in [0, 0.1) is 0 Å². The van der Waals surface area contributed by atoms with Gasteiger partial charge in [0.15, 0.2) is 0 Å². The highest BCUT2D eigenvalue weighted by Gasteiger charge is 2.15. The van der Waals surface area contributed by atoms with E-state index in [1.807, 2.05) is 24.4 Å². The molecule has 0 saturated carbocycles. The number of fused-ring (bicyclic) bond motifs is 1. The molecule has 0 saturated heterocycles. The Labute approximate surface area is 105 Å². The third kappa shape index (κ3) is 2.35. The van der Waals surface area contributed by atoms with Crippen molar-refractivity contribution in [2.45, 2.75) is 19.4 Å². The highest BCUT2D eigenvalue weighted by molar-refractivity contribution is 6.35. The summed E-state index contributed by atoms with van der Waals surface area (Å²) >= 11 is 6.09. The molecule has 0 spiro atoms. The first-order valence-electron chi connectivity index (χ1n) is 5.55. The normalized spacial score (nSPS) is 12.9. The van der Waals surface area contributed by atoms with Crippen molar-refractivity contribution in [1.29, 1.82) is 0 Å². The molecule has 3 nitrogen and oxygen atoms in total. The Balaban J connectivity index is 2.37. The summed E-state index contributed by atoms with van der Waals surface area (Å²) in [6.07, 6.45) is 2.59. The predicted molar refractivity (Wildman–Crippen MR) is 70.5 cm³/mol. The van der Waals surface area contributed by atoms with Crippen LogP contribution >= 0.6 is 11.6 Å². The molecule has 2 aromatic rings. The second-order valence-electron chi connectivity index (χ2n) is 4.13. The van der Waals surface area contributed by atoms with Crippen molar-refractivity contribution < 1.29 is 4.79 Å². The summed E-state index contributed by atoms with van der Waals surface area (Å²) in [5.74, 6) is 0.142. The number of nitrogens with one attached hydrogen (secondary N) is 2. The topological polar surface area (TPSA) is 44.9 Å². The number of hydrogen-bond donors (Lipinski definition) is 2. The summed E-state index contributed by atoms with van der Waals surface area (Å²) in [6, 6.07) is 5.64. The number of carbonyl (C=O) groups excluding carboxylic acids is 1. The Kier molecular flexibility index (Phi) is 3.50. The Morgan fingerprint density at radius 2 is 2.29 bits per heavy atom. The van der Waals surface area contributed by atoms with Gasteiger partial charge in [0.2, 0.25) is 0 Å². The molecular formula is C13H15ClN2O. The van der Waals surface area contributed by atoms with E-state index >= 15 is 0 Å². The molecule has 0 bridgehead atoms. The van der Waals surface area contributed by atoms with Crippen LogP contribution in [-0.4, -0.2) is 23.9 Å². The van der Waals surface area contributed by atoms with Crippen molar-refractivity contribution in [3.05, 3.63) is 35.0 Å². The Morgan fingerprint density at radius 3 is 2.94 bits per heavy atom. The number of H-pyrrole nitrogens is 1. The van der Waals surface area contributed by atoms with E-state index in [4.69, 9.17) is 11.6 Å². The Hall–Kier alpha value is -1.32. The van der Waals surface area contributed by atoms with Crippen LogP contribution in [0.2, 0.25) is 5.02 Å². The number of aromatic amines is 1. The van der Waals surface area contributed by atoms with Crippen LogP contribution in [-0.2, 0) is 11.2 Å². The minimum atomic E-state index is -0.145. The monoisotopic (exact) mass is 250 g/mol. The molecule has 1 atom stereocenters. The number of benzene rings is 1. The summed E-state index contributed by atoms with van der Waals surface area (Å²) in [4.78, 5) is 14.6. The molecule has 0 aliphatic carbocycles. The molecule has 0 aliphatic rings. The van der Waals surface area contributed by atoms with E-state index in [0.29, 0.717) is 11.4 Å². The average molecular weight is 251 g/mol. The minimum Gasteiger partial charge on any atom is -0.360 e. The van der Waals surface area contributed by atoms with Crippen LogP contribution in [0.15, 0.2) is 24.4 Å². The van der Waals surface area contributed by atoms with Crippen molar-refractivity contribution in [3.8, 4) is 0 Å². The van der Waals surface area contributed by atoms with E-state index in [1.54, 1.807) is 14.0 Å². The van der Waals surface area contributed by atoms with Gasteiger partial charge < -0.3 is 10.3 Å². The number of Topliss-reactive ketones (excluding diaryl/α,β-unsaturated/α-hetero) is 1. The number of rotatable bonds is 4. The van der Waals surface area contributed by atoms with Crippen molar-refractivity contribution in [1.82, 2.24) is 10.3 Å². The van der Waals surface area contributed by atoms with Crippen LogP contribution < -0.4 is 5.32 Å². The molecule has 2 N–H and O–H groups in total. The Morgan fingerprint density at radius 1 is 1.53 bits per heavy atom. The molecule has 2 rings (SSSR count). The fourth-order valence-electron chi connectivity index (χ4n) is 2.01. The number of para-hydroxylation sites is 1. The molecule has 0 amide bonds. The van der Waals surface area contributed by atoms with E-state index < -0.39 is 0 Å². The SMILES string of the molecule is CN[C@@H](Cc1c[nH]c2c(Cl)cccc12)C(C)=O. The third-order valence-electron chi connectivity index (χ3n) is 3.01. The van der Waals surface area contributed by atoms with Crippen molar-refractivity contribution in [2.75, 3.05) is 7.05 Å². The standard InChI is InChI=1S/C13H15ClN2O/c1-8(17)12(15-2)6-9-7-16-13-10(9)4-3-5-11(13)14/h3-5,7,12,15-16H,6H2,1-2H3/t12-/m0/s1. The van der Waals surface area contributed by atoms with Gasteiger partial charge in [0.25, 0.3) is 0 Å². The van der Waals surface area contributed by atoms with Gasteiger partial charge in [-0.15, -0.1) is 0 Å². The van der Waals surface area contributed by atoms with Crippen LogP contribution in [0.25, 0.3) is 10.9 Å². The number of hydrogen-bond acceptors (Lipinski definition) is 2. The lowest BCUT2D eigenvalue weighted by molar-refractivity contribution is -0.118. The number of likely N-dealkylation sites (N-methyl/N-ethyl adjacent to an activating group) is 1. The molecule has 1 aromatic carbocycles. The number of carbonyl (C=O) groups is 1. The molecule has 4 heteroatoms. The maximum absolute atomic E-state index is 11.4. The van der Waals surface area contributed by atoms with E-state index in [1.165, 1.54) is 0 Å². The maximum atomic E-state index is 11.4. The molecular weight excluding hydrogens is 236 g/mol. The second kappa shape index (κ2) is 4.90. The fraction of sp³-hybridized carbons (Fsp3) is 0.308. The van der Waals surface area contributed by atoms with Gasteiger partial charge in [-0.25, -0.2) is 0 Å². The molecule has 0 fully saturated rings. The zero-order chi connectivity index (χ0) is 12.4. The van der Waals surface area contributed by atoms with Gasteiger partial charge in [-0.3, -0.25) is 4.79 Å². The smallest absolute Gasteiger partial charge is 0.147 e. The van der Waals surface area contributed by atoms with E-state index in [-0.39, 0.29) is 11.8 Å². The quantitative estimate of drug-likeness (QED) is 0.876. The third-order valence-corrected chi connectivity index (χ3v) is 3.33. The zero-order valence-electron chi connectivity index (χ0n) is 9.88. The first-order chi connectivity index (χ1) is 8.13. The minimum absolute atomic E-state index is 0.142. The molecule has 0 radical (unpaired) electrons. The number of ketones is 1. The second-order valence-corrected chi connectivity index (χ2v) is 4.54. The van der Waals surface area contributed by atoms with Crippen LogP contribution in [0.4, 0.5) is 0 Å². The lowest BCUT2D eigenvalue weighted by Gasteiger charge is -2.11. The van der Waals surface area contributed by atoms with Gasteiger partial charge in [-0.1, -0.05) is 23.7 Å². The average Bonchev–Trinajstić information content (AvgIpc) is 2.70. The molecule has 90 valence electrons. The number of halogens is 1. The van der Waals surface area contributed by atoms with Crippen LogP contribution in [0.3, 0.4) is 0 Å². The lowest BCUT2D eigenvalue weighted by Crippen LogP contribution is -2.34. The maximum Gasteiger partial charge on any atom is 0.147 e. The highest BCUT2D eigenvalue weighted by atomic mass is 35.5. The summed E-state index contributed by atoms with van der Waals surface area (Å²) in [5.41, 5.74) is 2.04. The number of aromatic nitrogens is 1. The van der Waals surface area contributed by atoms with Crippen LogP contribution in [0.5, 0.6) is 0 Å². The van der Waals surface area contributed by atoms with E-state index in [2.05, 4.69) is 10.3 Å². The summed E-state index contributed by atoms with van der Waals surface area (Å²) in [7, 11) is 1.80. The molecule has 1 aromatic heterocycles.